The third-order valence-electron chi connectivity index (χ3n) is 6.78. The number of aliphatic hydroxyl groups is 1. The second kappa shape index (κ2) is 15.8. The van der Waals surface area contributed by atoms with Crippen molar-refractivity contribution >= 4 is 34.8 Å². The summed E-state index contributed by atoms with van der Waals surface area (Å²) in [5.74, 6) is -5.73. The predicted molar refractivity (Wildman–Crippen MR) is 156 cm³/mol. The number of aliphatic carboxylic acids is 1. The first-order valence-corrected chi connectivity index (χ1v) is 14.1. The Morgan fingerprint density at radius 3 is 2.48 bits per heavy atom. The molecule has 0 aliphatic heterocycles. The Kier molecular flexibility index (Phi) is 12.2. The SMILES string of the molecule is CC(C)(OCCC[C@H](C[C@H](O)[C@H](Cc1cccc(F)c1)NC(=O)c1cnc2ccccc2n1)C(N)=O)OC(=O)CCC(=O)O. The highest BCUT2D eigenvalue weighted by molar-refractivity contribution is 5.94. The van der Waals surface area contributed by atoms with E-state index in [0.29, 0.717) is 23.0 Å². The molecule has 2 aromatic carbocycles. The quantitative estimate of drug-likeness (QED) is 0.100. The highest BCUT2D eigenvalue weighted by atomic mass is 19.1. The van der Waals surface area contributed by atoms with Crippen molar-refractivity contribution in [1.82, 2.24) is 15.3 Å². The van der Waals surface area contributed by atoms with Gasteiger partial charge in [-0.25, -0.2) is 9.37 Å². The summed E-state index contributed by atoms with van der Waals surface area (Å²) in [6.45, 7) is 3.07. The van der Waals surface area contributed by atoms with Crippen LogP contribution in [-0.4, -0.2) is 68.5 Å². The van der Waals surface area contributed by atoms with Crippen LogP contribution in [0.2, 0.25) is 0 Å². The summed E-state index contributed by atoms with van der Waals surface area (Å²) in [7, 11) is 0. The van der Waals surface area contributed by atoms with Crippen LogP contribution in [0.4, 0.5) is 4.39 Å². The van der Waals surface area contributed by atoms with Gasteiger partial charge in [0.05, 0.1) is 48.8 Å². The third kappa shape index (κ3) is 11.0. The number of nitrogens with zero attached hydrogens (tertiary/aromatic N) is 2. The lowest BCUT2D eigenvalue weighted by atomic mass is 9.90. The number of halogens is 1. The van der Waals surface area contributed by atoms with Crippen molar-refractivity contribution in [2.45, 2.75) is 70.3 Å². The zero-order chi connectivity index (χ0) is 32.3. The zero-order valence-corrected chi connectivity index (χ0v) is 24.6. The van der Waals surface area contributed by atoms with Crippen molar-refractivity contribution in [3.05, 3.63) is 71.8 Å². The summed E-state index contributed by atoms with van der Waals surface area (Å²) in [4.78, 5) is 56.5. The fraction of sp³-hybridized carbons (Fsp3) is 0.419. The summed E-state index contributed by atoms with van der Waals surface area (Å²) in [6, 6.07) is 11.8. The molecule has 236 valence electrons. The van der Waals surface area contributed by atoms with Crippen molar-refractivity contribution in [2.75, 3.05) is 6.61 Å². The molecule has 3 rings (SSSR count). The zero-order valence-electron chi connectivity index (χ0n) is 24.6. The van der Waals surface area contributed by atoms with Gasteiger partial charge in [0.1, 0.15) is 11.5 Å². The van der Waals surface area contributed by atoms with Gasteiger partial charge in [-0.3, -0.25) is 24.2 Å². The molecule has 0 radical (unpaired) electrons. The number of nitrogens with one attached hydrogen (secondary N) is 1. The van der Waals surface area contributed by atoms with Crippen LogP contribution >= 0.6 is 0 Å². The monoisotopic (exact) mass is 612 g/mol. The van der Waals surface area contributed by atoms with Crippen molar-refractivity contribution in [3.8, 4) is 0 Å². The molecule has 13 heteroatoms. The number of primary amides is 1. The minimum atomic E-state index is -1.33. The molecule has 0 bridgehead atoms. The fourth-order valence-corrected chi connectivity index (χ4v) is 4.55. The normalized spacial score (nSPS) is 13.5. The topological polar surface area (TPSA) is 191 Å². The van der Waals surface area contributed by atoms with Gasteiger partial charge in [0, 0.05) is 19.8 Å². The lowest BCUT2D eigenvalue weighted by molar-refractivity contribution is -0.216. The molecule has 0 saturated heterocycles. The molecule has 1 aromatic heterocycles. The summed E-state index contributed by atoms with van der Waals surface area (Å²) < 4.78 is 24.7. The first kappa shape index (κ1) is 34.0. The number of aromatic nitrogens is 2. The standard InChI is InChI=1S/C31H37FN4O8/c1-31(2,44-28(40)13-12-27(38)39)43-14-6-8-20(29(33)41)17-26(37)24(16-19-7-5-9-21(32)15-19)36-30(42)25-18-34-22-10-3-4-11-23(22)35-25/h3-5,7,9-11,15,18,20,24,26,37H,6,8,12-14,16-17H2,1-2H3,(H2,33,41)(H,36,42)(H,38,39)/t20-,24+,26+/m1/s1. The van der Waals surface area contributed by atoms with Gasteiger partial charge >= 0.3 is 11.9 Å². The van der Waals surface area contributed by atoms with E-state index in [1.807, 2.05) is 0 Å². The number of fused-ring (bicyclic) bond motifs is 1. The minimum Gasteiger partial charge on any atom is -0.481 e. The van der Waals surface area contributed by atoms with E-state index >= 15 is 0 Å². The first-order chi connectivity index (χ1) is 20.8. The summed E-state index contributed by atoms with van der Waals surface area (Å²) in [5.41, 5.74) is 7.29. The van der Waals surface area contributed by atoms with Crippen molar-refractivity contribution in [3.63, 3.8) is 0 Å². The molecule has 3 atom stereocenters. The Labute approximate surface area is 253 Å². The molecular formula is C31H37FN4O8. The van der Waals surface area contributed by atoms with Crippen molar-refractivity contribution < 1.29 is 43.3 Å². The molecule has 0 saturated carbocycles. The predicted octanol–water partition coefficient (Wildman–Crippen LogP) is 2.90. The van der Waals surface area contributed by atoms with E-state index in [-0.39, 0.29) is 44.4 Å². The highest BCUT2D eigenvalue weighted by Gasteiger charge is 2.29. The number of nitrogens with two attached hydrogens (primary N) is 1. The minimum absolute atomic E-state index is 0.0232. The highest BCUT2D eigenvalue weighted by Crippen LogP contribution is 2.20. The number of carboxylic acids is 1. The third-order valence-corrected chi connectivity index (χ3v) is 6.78. The molecule has 2 amide bonds. The Morgan fingerprint density at radius 2 is 1.80 bits per heavy atom. The van der Waals surface area contributed by atoms with E-state index in [1.165, 1.54) is 38.2 Å². The number of rotatable bonds is 17. The maximum absolute atomic E-state index is 13.9. The van der Waals surface area contributed by atoms with Crippen LogP contribution in [0, 0.1) is 11.7 Å². The average molecular weight is 613 g/mol. The number of carbonyl (C=O) groups excluding carboxylic acids is 3. The maximum atomic E-state index is 13.9. The largest absolute Gasteiger partial charge is 0.481 e. The molecule has 5 N–H and O–H groups in total. The number of hydrogen-bond acceptors (Lipinski definition) is 9. The number of ether oxygens (including phenoxy) is 2. The van der Waals surface area contributed by atoms with Gasteiger partial charge in [-0.15, -0.1) is 0 Å². The molecule has 1 heterocycles. The average Bonchev–Trinajstić information content (AvgIpc) is 2.96. The Morgan fingerprint density at radius 1 is 1.07 bits per heavy atom. The van der Waals surface area contributed by atoms with Gasteiger partial charge in [0.15, 0.2) is 0 Å². The molecule has 44 heavy (non-hydrogen) atoms. The van der Waals surface area contributed by atoms with Gasteiger partial charge in [0.25, 0.3) is 5.91 Å². The smallest absolute Gasteiger partial charge is 0.308 e. The molecule has 3 aromatic rings. The number of hydrogen-bond donors (Lipinski definition) is 4. The number of para-hydroxylation sites is 2. The van der Waals surface area contributed by atoms with Gasteiger partial charge in [-0.2, -0.15) is 0 Å². The molecule has 0 fully saturated rings. The second-order valence-corrected chi connectivity index (χ2v) is 10.8. The molecule has 0 aliphatic carbocycles. The number of amides is 2. The summed E-state index contributed by atoms with van der Waals surface area (Å²) in [6.07, 6.45) is -0.121. The number of aliphatic hydroxyl groups excluding tert-OH is 1. The fourth-order valence-electron chi connectivity index (χ4n) is 4.55. The van der Waals surface area contributed by atoms with E-state index in [1.54, 1.807) is 30.3 Å². The summed E-state index contributed by atoms with van der Waals surface area (Å²) in [5, 5.41) is 22.7. The van der Waals surface area contributed by atoms with Crippen LogP contribution in [0.1, 0.15) is 62.0 Å². The van der Waals surface area contributed by atoms with Crippen molar-refractivity contribution in [1.29, 1.82) is 0 Å². The van der Waals surface area contributed by atoms with Gasteiger partial charge in [0.2, 0.25) is 11.7 Å². The summed E-state index contributed by atoms with van der Waals surface area (Å²) >= 11 is 0. The van der Waals surface area contributed by atoms with Gasteiger partial charge in [-0.05, 0) is 55.5 Å². The number of benzene rings is 2. The Bertz CT molecular complexity index is 1470. The van der Waals surface area contributed by atoms with Crippen LogP contribution in [0.5, 0.6) is 0 Å². The maximum Gasteiger partial charge on any atom is 0.308 e. The molecule has 0 aliphatic rings. The van der Waals surface area contributed by atoms with Crippen LogP contribution in [0.25, 0.3) is 11.0 Å². The number of carbonyl (C=O) groups is 4. The van der Waals surface area contributed by atoms with E-state index in [9.17, 15) is 28.7 Å². The lowest BCUT2D eigenvalue weighted by Crippen LogP contribution is -2.46. The number of esters is 1. The molecule has 0 unspecified atom stereocenters. The van der Waals surface area contributed by atoms with Crippen LogP contribution < -0.4 is 11.1 Å². The van der Waals surface area contributed by atoms with E-state index in [0.717, 1.165) is 0 Å². The lowest BCUT2D eigenvalue weighted by Gasteiger charge is -2.27. The number of carboxylic acid groups (broad SMARTS) is 1. The Balaban J connectivity index is 1.64. The van der Waals surface area contributed by atoms with E-state index in [4.69, 9.17) is 20.3 Å². The van der Waals surface area contributed by atoms with E-state index in [2.05, 4.69) is 15.3 Å². The van der Waals surface area contributed by atoms with Crippen LogP contribution in [0.3, 0.4) is 0 Å². The molecular weight excluding hydrogens is 575 g/mol. The molecule has 0 spiro atoms. The van der Waals surface area contributed by atoms with Crippen molar-refractivity contribution in [2.24, 2.45) is 11.7 Å². The molecule has 12 nitrogen and oxygen atoms in total. The Hall–Kier alpha value is -4.49. The van der Waals surface area contributed by atoms with Gasteiger partial charge in [-0.1, -0.05) is 24.3 Å². The van der Waals surface area contributed by atoms with Gasteiger partial charge < -0.3 is 30.7 Å². The van der Waals surface area contributed by atoms with Crippen LogP contribution in [-0.2, 0) is 30.3 Å². The first-order valence-electron chi connectivity index (χ1n) is 14.1. The van der Waals surface area contributed by atoms with E-state index < -0.39 is 53.4 Å². The van der Waals surface area contributed by atoms with Crippen LogP contribution in [0.15, 0.2) is 54.7 Å². The second-order valence-electron chi connectivity index (χ2n) is 10.8.